The van der Waals surface area contributed by atoms with Gasteiger partial charge in [0.2, 0.25) is 5.91 Å². The molecule has 1 saturated heterocycles. The third-order valence-corrected chi connectivity index (χ3v) is 8.29. The maximum absolute atomic E-state index is 14.0. The first-order valence-electron chi connectivity index (χ1n) is 15.2. The summed E-state index contributed by atoms with van der Waals surface area (Å²) in [6, 6.07) is 34.5. The van der Waals surface area contributed by atoms with Crippen molar-refractivity contribution >= 4 is 22.6 Å². The molecule has 0 saturated carbocycles. The van der Waals surface area contributed by atoms with Crippen LogP contribution in [0, 0.1) is 0 Å². The number of benzene rings is 4. The minimum absolute atomic E-state index is 0.00422. The molecule has 6 nitrogen and oxygen atoms in total. The maximum atomic E-state index is 14.0. The van der Waals surface area contributed by atoms with Crippen molar-refractivity contribution in [3.8, 4) is 0 Å². The molecular weight excluding hydrogens is 520 g/mol. The van der Waals surface area contributed by atoms with Crippen molar-refractivity contribution in [3.63, 3.8) is 0 Å². The summed E-state index contributed by atoms with van der Waals surface area (Å²) < 4.78 is 0. The van der Waals surface area contributed by atoms with Crippen LogP contribution in [0.2, 0.25) is 0 Å². The molecule has 2 unspecified atom stereocenters. The molecule has 0 spiro atoms. The molecule has 1 aliphatic rings. The minimum atomic E-state index is -0.279. The van der Waals surface area contributed by atoms with Crippen LogP contribution in [0.5, 0.6) is 0 Å². The van der Waals surface area contributed by atoms with E-state index in [0.29, 0.717) is 25.2 Å². The summed E-state index contributed by atoms with van der Waals surface area (Å²) >= 11 is 0. The van der Waals surface area contributed by atoms with Gasteiger partial charge in [-0.15, -0.1) is 0 Å². The van der Waals surface area contributed by atoms with Crippen LogP contribution in [0.25, 0.3) is 10.8 Å². The zero-order valence-corrected chi connectivity index (χ0v) is 24.5. The molecule has 3 N–H and O–H groups in total. The zero-order valence-electron chi connectivity index (χ0n) is 24.5. The van der Waals surface area contributed by atoms with Gasteiger partial charge in [0.15, 0.2) is 0 Å². The predicted octanol–water partition coefficient (Wildman–Crippen LogP) is 5.35. The van der Waals surface area contributed by atoms with E-state index in [1.165, 1.54) is 11.1 Å². The predicted molar refractivity (Wildman–Crippen MR) is 171 cm³/mol. The van der Waals surface area contributed by atoms with Crippen molar-refractivity contribution in [1.29, 1.82) is 0 Å². The van der Waals surface area contributed by atoms with Gasteiger partial charge in [-0.2, -0.15) is 0 Å². The zero-order chi connectivity index (χ0) is 29.1. The number of hydrogen-bond acceptors (Lipinski definition) is 4. The maximum Gasteiger partial charge on any atom is 0.251 e. The molecule has 42 heavy (non-hydrogen) atoms. The standard InChI is InChI=1S/C36H42N4O2/c1-37-22-11-10-18-34-36(42)40(26-33(28-13-4-2-5-14-28)29-15-6-3-7-16-29)23-21-32(39-34)25-38-35(41)31-20-19-27-12-8-9-17-30(27)24-31/h2-9,12-17,19-20,24,32-34,37,39H,10-11,18,21-23,25-26H2,1H3,(H,38,41). The number of carbonyl (C=O) groups is 2. The molecule has 1 heterocycles. The van der Waals surface area contributed by atoms with Crippen LogP contribution >= 0.6 is 0 Å². The number of unbranched alkanes of at least 4 members (excludes halogenated alkanes) is 1. The van der Waals surface area contributed by atoms with Gasteiger partial charge >= 0.3 is 0 Å². The normalized spacial score (nSPS) is 17.4. The van der Waals surface area contributed by atoms with Gasteiger partial charge in [-0.3, -0.25) is 9.59 Å². The smallest absolute Gasteiger partial charge is 0.251 e. The third-order valence-electron chi connectivity index (χ3n) is 8.29. The molecule has 5 rings (SSSR count). The van der Waals surface area contributed by atoms with Crippen molar-refractivity contribution in [2.24, 2.45) is 0 Å². The Morgan fingerprint density at radius 3 is 2.24 bits per heavy atom. The first-order valence-corrected chi connectivity index (χ1v) is 15.2. The van der Waals surface area contributed by atoms with Gasteiger partial charge in [0.05, 0.1) is 6.04 Å². The lowest BCUT2D eigenvalue weighted by Gasteiger charge is -2.29. The fourth-order valence-corrected chi connectivity index (χ4v) is 5.92. The summed E-state index contributed by atoms with van der Waals surface area (Å²) in [5.74, 6) is 0.152. The van der Waals surface area contributed by atoms with E-state index in [1.807, 2.05) is 66.5 Å². The second kappa shape index (κ2) is 14.8. The van der Waals surface area contributed by atoms with E-state index in [0.717, 1.165) is 43.0 Å². The van der Waals surface area contributed by atoms with E-state index < -0.39 is 0 Å². The quantitative estimate of drug-likeness (QED) is 0.204. The number of fused-ring (bicyclic) bond motifs is 1. The number of rotatable bonds is 12. The summed E-state index contributed by atoms with van der Waals surface area (Å²) in [4.78, 5) is 29.2. The van der Waals surface area contributed by atoms with Crippen molar-refractivity contribution in [2.75, 3.05) is 33.2 Å². The Labute approximate surface area is 249 Å². The number of nitrogens with one attached hydrogen (secondary N) is 3. The Morgan fingerprint density at radius 1 is 0.881 bits per heavy atom. The van der Waals surface area contributed by atoms with Gasteiger partial charge in [-0.25, -0.2) is 0 Å². The largest absolute Gasteiger partial charge is 0.350 e. The van der Waals surface area contributed by atoms with Crippen LogP contribution in [0.15, 0.2) is 103 Å². The van der Waals surface area contributed by atoms with E-state index in [9.17, 15) is 9.59 Å². The number of nitrogens with zero attached hydrogens (tertiary/aromatic N) is 1. The van der Waals surface area contributed by atoms with E-state index in [-0.39, 0.29) is 29.8 Å². The number of carbonyl (C=O) groups excluding carboxylic acids is 2. The van der Waals surface area contributed by atoms with Gasteiger partial charge in [0, 0.05) is 37.2 Å². The molecule has 4 aromatic carbocycles. The van der Waals surface area contributed by atoms with Gasteiger partial charge in [0.25, 0.3) is 5.91 Å². The summed E-state index contributed by atoms with van der Waals surface area (Å²) in [5, 5.41) is 12.1. The van der Waals surface area contributed by atoms with Crippen LogP contribution in [0.3, 0.4) is 0 Å². The van der Waals surface area contributed by atoms with Crippen molar-refractivity contribution in [3.05, 3.63) is 120 Å². The first kappa shape index (κ1) is 29.5. The van der Waals surface area contributed by atoms with Crippen molar-refractivity contribution < 1.29 is 9.59 Å². The van der Waals surface area contributed by atoms with E-state index in [2.05, 4.69) is 64.5 Å². The second-order valence-corrected chi connectivity index (χ2v) is 11.2. The minimum Gasteiger partial charge on any atom is -0.350 e. The molecule has 2 amide bonds. The highest BCUT2D eigenvalue weighted by molar-refractivity contribution is 5.98. The molecule has 4 aromatic rings. The highest BCUT2D eigenvalue weighted by Gasteiger charge is 2.32. The van der Waals surface area contributed by atoms with Crippen molar-refractivity contribution in [2.45, 2.75) is 43.7 Å². The van der Waals surface area contributed by atoms with Crippen LogP contribution in [0.4, 0.5) is 0 Å². The highest BCUT2D eigenvalue weighted by atomic mass is 16.2. The van der Waals surface area contributed by atoms with Gasteiger partial charge in [0.1, 0.15) is 0 Å². The van der Waals surface area contributed by atoms with Crippen LogP contribution in [-0.4, -0.2) is 62.0 Å². The lowest BCUT2D eigenvalue weighted by molar-refractivity contribution is -0.133. The SMILES string of the molecule is CNCCCCC1NC(CNC(=O)c2ccc3ccccc3c2)CCN(CC(c2ccccc2)c2ccccc2)C1=O. The Balaban J connectivity index is 1.30. The summed E-state index contributed by atoms with van der Waals surface area (Å²) in [6.45, 7) is 2.67. The van der Waals surface area contributed by atoms with Crippen LogP contribution in [0.1, 0.15) is 53.1 Å². The fraction of sp³-hybridized carbons (Fsp3) is 0.333. The molecular formula is C36H42N4O2. The van der Waals surface area contributed by atoms with Gasteiger partial charge < -0.3 is 20.9 Å². The van der Waals surface area contributed by atoms with E-state index in [4.69, 9.17) is 0 Å². The molecule has 6 heteroatoms. The molecule has 1 aliphatic heterocycles. The fourth-order valence-electron chi connectivity index (χ4n) is 5.92. The molecule has 2 atom stereocenters. The Bertz CT molecular complexity index is 1400. The van der Waals surface area contributed by atoms with E-state index >= 15 is 0 Å². The average Bonchev–Trinajstić information content (AvgIpc) is 3.19. The summed E-state index contributed by atoms with van der Waals surface area (Å²) in [6.07, 6.45) is 3.51. The first-order chi connectivity index (χ1) is 20.6. The summed E-state index contributed by atoms with van der Waals surface area (Å²) in [7, 11) is 1.96. The third kappa shape index (κ3) is 7.64. The lowest BCUT2D eigenvalue weighted by Crippen LogP contribution is -2.49. The molecule has 0 aromatic heterocycles. The topological polar surface area (TPSA) is 73.5 Å². The Kier molecular flexibility index (Phi) is 10.4. The Morgan fingerprint density at radius 2 is 1.55 bits per heavy atom. The van der Waals surface area contributed by atoms with Crippen LogP contribution in [-0.2, 0) is 4.79 Å². The second-order valence-electron chi connectivity index (χ2n) is 11.2. The van der Waals surface area contributed by atoms with Gasteiger partial charge in [-0.05, 0) is 66.9 Å². The molecule has 0 radical (unpaired) electrons. The van der Waals surface area contributed by atoms with Gasteiger partial charge in [-0.1, -0.05) is 97.4 Å². The number of hydrogen-bond donors (Lipinski definition) is 3. The molecule has 0 bridgehead atoms. The highest BCUT2D eigenvalue weighted by Crippen LogP contribution is 2.27. The average molecular weight is 563 g/mol. The summed E-state index contributed by atoms with van der Waals surface area (Å²) in [5.41, 5.74) is 3.06. The monoisotopic (exact) mass is 562 g/mol. The lowest BCUT2D eigenvalue weighted by atomic mass is 9.90. The molecule has 1 fully saturated rings. The van der Waals surface area contributed by atoms with Crippen LogP contribution < -0.4 is 16.0 Å². The van der Waals surface area contributed by atoms with E-state index in [1.54, 1.807) is 0 Å². The molecule has 0 aliphatic carbocycles. The number of amides is 2. The van der Waals surface area contributed by atoms with Crippen molar-refractivity contribution in [1.82, 2.24) is 20.9 Å². The molecule has 218 valence electrons. The Hall–Kier alpha value is -4.00.